The van der Waals surface area contributed by atoms with Crippen LogP contribution in [0.15, 0.2) is 10.5 Å². The summed E-state index contributed by atoms with van der Waals surface area (Å²) in [5, 5.41) is 3.53. The molecule has 0 radical (unpaired) electrons. The van der Waals surface area contributed by atoms with Gasteiger partial charge >= 0.3 is 0 Å². The van der Waals surface area contributed by atoms with E-state index in [9.17, 15) is 0 Å². The number of hydrogen-bond donors (Lipinski definition) is 1. The molecule has 1 N–H and O–H groups in total. The summed E-state index contributed by atoms with van der Waals surface area (Å²) in [5.41, 5.74) is 1.29. The highest BCUT2D eigenvalue weighted by Crippen LogP contribution is 2.30. The maximum atomic E-state index is 6.05. The minimum atomic E-state index is 0.371. The lowest BCUT2D eigenvalue weighted by molar-refractivity contribution is 0.230. The Morgan fingerprint density at radius 3 is 2.95 bits per heavy atom. The molecule has 3 rings (SSSR count). The second-order valence-corrected chi connectivity index (χ2v) is 8.59. The van der Waals surface area contributed by atoms with Gasteiger partial charge in [0, 0.05) is 29.6 Å². The number of rotatable bonds is 5. The van der Waals surface area contributed by atoms with Crippen molar-refractivity contribution in [2.75, 3.05) is 18.8 Å². The minimum absolute atomic E-state index is 0.371. The number of thioether (sulfide) groups is 1. The molecule has 4 heteroatoms. The molecule has 1 aromatic rings. The van der Waals surface area contributed by atoms with E-state index in [2.05, 4.69) is 48.8 Å². The molecule has 0 atom stereocenters. The zero-order chi connectivity index (χ0) is 14.2. The summed E-state index contributed by atoms with van der Waals surface area (Å²) in [5.74, 6) is 3.47. The molecule has 2 fully saturated rings. The molecule has 0 bridgehead atoms. The number of aryl methyl sites for hydroxylation is 1. The Kier molecular flexibility index (Phi) is 4.16. The summed E-state index contributed by atoms with van der Waals surface area (Å²) in [4.78, 5) is 2.52. The van der Waals surface area contributed by atoms with E-state index < -0.39 is 0 Å². The minimum Gasteiger partial charge on any atom is -0.463 e. The molecule has 0 amide bonds. The quantitative estimate of drug-likeness (QED) is 0.903. The van der Waals surface area contributed by atoms with Crippen molar-refractivity contribution in [1.82, 2.24) is 10.2 Å². The SMILES string of the molecule is Cc1cc(CN2CCSC(C)(C)C2)oc1CNC1CC1. The monoisotopic (exact) mass is 294 g/mol. The molecule has 2 aliphatic rings. The lowest BCUT2D eigenvalue weighted by atomic mass is 10.2. The first-order chi connectivity index (χ1) is 9.52. The Bertz CT molecular complexity index is 465. The van der Waals surface area contributed by atoms with E-state index in [4.69, 9.17) is 4.42 Å². The van der Waals surface area contributed by atoms with Crippen LogP contribution in [-0.4, -0.2) is 34.5 Å². The fraction of sp³-hybridized carbons (Fsp3) is 0.750. The van der Waals surface area contributed by atoms with Gasteiger partial charge in [-0.25, -0.2) is 0 Å². The maximum absolute atomic E-state index is 6.05. The molecule has 0 aromatic carbocycles. The molecular formula is C16H26N2OS. The Labute approximate surface area is 126 Å². The van der Waals surface area contributed by atoms with Crippen molar-refractivity contribution < 1.29 is 4.42 Å². The van der Waals surface area contributed by atoms with Crippen LogP contribution in [-0.2, 0) is 13.1 Å². The summed E-state index contributed by atoms with van der Waals surface area (Å²) >= 11 is 2.08. The maximum Gasteiger partial charge on any atom is 0.120 e. The number of furan rings is 1. The first-order valence-electron chi connectivity index (χ1n) is 7.70. The summed E-state index contributed by atoms with van der Waals surface area (Å²) in [6, 6.07) is 2.96. The third kappa shape index (κ3) is 3.80. The fourth-order valence-corrected chi connectivity index (χ4v) is 4.01. The Balaban J connectivity index is 1.57. The predicted molar refractivity (Wildman–Crippen MR) is 85.1 cm³/mol. The summed E-state index contributed by atoms with van der Waals surface area (Å²) in [7, 11) is 0. The van der Waals surface area contributed by atoms with Gasteiger partial charge in [0.05, 0.1) is 13.1 Å². The molecule has 0 unspecified atom stereocenters. The Morgan fingerprint density at radius 2 is 2.25 bits per heavy atom. The van der Waals surface area contributed by atoms with Crippen LogP contribution in [0, 0.1) is 6.92 Å². The van der Waals surface area contributed by atoms with Crippen LogP contribution in [0.25, 0.3) is 0 Å². The van der Waals surface area contributed by atoms with E-state index in [-0.39, 0.29) is 0 Å². The first kappa shape index (κ1) is 14.5. The van der Waals surface area contributed by atoms with Gasteiger partial charge in [0.2, 0.25) is 0 Å². The molecule has 1 aliphatic heterocycles. The van der Waals surface area contributed by atoms with Crippen molar-refractivity contribution in [2.24, 2.45) is 0 Å². The van der Waals surface area contributed by atoms with Crippen molar-refractivity contribution in [2.45, 2.75) is 57.5 Å². The average Bonchev–Trinajstić information content (AvgIpc) is 3.11. The van der Waals surface area contributed by atoms with Gasteiger partial charge in [0.25, 0.3) is 0 Å². The van der Waals surface area contributed by atoms with Crippen LogP contribution in [0.5, 0.6) is 0 Å². The van der Waals surface area contributed by atoms with Crippen LogP contribution in [0.4, 0.5) is 0 Å². The van der Waals surface area contributed by atoms with Gasteiger partial charge in [-0.1, -0.05) is 0 Å². The van der Waals surface area contributed by atoms with E-state index in [1.807, 2.05) is 0 Å². The van der Waals surface area contributed by atoms with E-state index >= 15 is 0 Å². The van der Waals surface area contributed by atoms with Gasteiger partial charge in [0.15, 0.2) is 0 Å². The normalized spacial score (nSPS) is 23.1. The van der Waals surface area contributed by atoms with Crippen LogP contribution in [0.1, 0.15) is 43.8 Å². The van der Waals surface area contributed by atoms with Crippen molar-refractivity contribution in [3.8, 4) is 0 Å². The largest absolute Gasteiger partial charge is 0.463 e. The molecule has 1 saturated carbocycles. The molecule has 1 aromatic heterocycles. The third-order valence-corrected chi connectivity index (χ3v) is 5.38. The van der Waals surface area contributed by atoms with E-state index in [1.54, 1.807) is 0 Å². The van der Waals surface area contributed by atoms with Crippen LogP contribution in [0.2, 0.25) is 0 Å². The van der Waals surface area contributed by atoms with E-state index in [1.165, 1.54) is 30.7 Å². The lowest BCUT2D eigenvalue weighted by Crippen LogP contribution is -2.42. The van der Waals surface area contributed by atoms with E-state index in [0.29, 0.717) is 4.75 Å². The highest BCUT2D eigenvalue weighted by Gasteiger charge is 2.27. The Morgan fingerprint density at radius 1 is 1.45 bits per heavy atom. The highest BCUT2D eigenvalue weighted by molar-refractivity contribution is 8.00. The second kappa shape index (κ2) is 5.74. The van der Waals surface area contributed by atoms with Crippen LogP contribution >= 0.6 is 11.8 Å². The standard InChI is InChI=1S/C16H26N2OS/c1-12-8-14(19-15(12)9-17-13-4-5-13)10-18-6-7-20-16(2,3)11-18/h8,13,17H,4-7,9-11H2,1-3H3. The topological polar surface area (TPSA) is 28.4 Å². The number of nitrogens with zero attached hydrogens (tertiary/aromatic N) is 1. The fourth-order valence-electron chi connectivity index (χ4n) is 2.84. The number of hydrogen-bond acceptors (Lipinski definition) is 4. The summed E-state index contributed by atoms with van der Waals surface area (Å²) in [6.07, 6.45) is 2.65. The lowest BCUT2D eigenvalue weighted by Gasteiger charge is -2.37. The highest BCUT2D eigenvalue weighted by atomic mass is 32.2. The zero-order valence-corrected chi connectivity index (χ0v) is 13.7. The van der Waals surface area contributed by atoms with Gasteiger partial charge in [0.1, 0.15) is 11.5 Å². The van der Waals surface area contributed by atoms with Crippen molar-refractivity contribution in [3.05, 3.63) is 23.2 Å². The van der Waals surface area contributed by atoms with Crippen molar-refractivity contribution in [3.63, 3.8) is 0 Å². The molecule has 112 valence electrons. The molecule has 0 spiro atoms. The molecule has 3 nitrogen and oxygen atoms in total. The molecule has 20 heavy (non-hydrogen) atoms. The van der Waals surface area contributed by atoms with Crippen LogP contribution in [0.3, 0.4) is 0 Å². The summed E-state index contributed by atoms with van der Waals surface area (Å²) < 4.78 is 6.42. The average molecular weight is 294 g/mol. The molecule has 2 heterocycles. The first-order valence-corrected chi connectivity index (χ1v) is 8.68. The van der Waals surface area contributed by atoms with Gasteiger partial charge in [-0.2, -0.15) is 11.8 Å². The third-order valence-electron chi connectivity index (χ3n) is 4.08. The van der Waals surface area contributed by atoms with Gasteiger partial charge in [-0.05, 0) is 45.2 Å². The number of nitrogens with one attached hydrogen (secondary N) is 1. The smallest absolute Gasteiger partial charge is 0.120 e. The second-order valence-electron chi connectivity index (χ2n) is 6.79. The van der Waals surface area contributed by atoms with Crippen molar-refractivity contribution in [1.29, 1.82) is 0 Å². The van der Waals surface area contributed by atoms with Crippen molar-refractivity contribution >= 4 is 11.8 Å². The van der Waals surface area contributed by atoms with Crippen LogP contribution < -0.4 is 5.32 Å². The predicted octanol–water partition coefficient (Wildman–Crippen LogP) is 3.17. The van der Waals surface area contributed by atoms with Gasteiger partial charge < -0.3 is 9.73 Å². The van der Waals surface area contributed by atoms with Gasteiger partial charge in [-0.3, -0.25) is 4.90 Å². The summed E-state index contributed by atoms with van der Waals surface area (Å²) in [6.45, 7) is 11.0. The molecule has 1 aliphatic carbocycles. The molecular weight excluding hydrogens is 268 g/mol. The van der Waals surface area contributed by atoms with Gasteiger partial charge in [-0.15, -0.1) is 0 Å². The zero-order valence-electron chi connectivity index (χ0n) is 12.9. The van der Waals surface area contributed by atoms with E-state index in [0.717, 1.165) is 37.2 Å². The Hall–Kier alpha value is -0.450. The molecule has 1 saturated heterocycles.